The van der Waals surface area contributed by atoms with E-state index in [1.807, 2.05) is 0 Å². The summed E-state index contributed by atoms with van der Waals surface area (Å²) >= 11 is 0. The number of hydrogen-bond donors (Lipinski definition) is 1. The molecule has 12 heavy (non-hydrogen) atoms. The zero-order chi connectivity index (χ0) is 9.40. The van der Waals surface area contributed by atoms with Crippen molar-refractivity contribution in [3.63, 3.8) is 0 Å². The molecular formula is C11H25N. The Balaban J connectivity index is 0.000000561. The van der Waals surface area contributed by atoms with Gasteiger partial charge in [-0.25, -0.2) is 0 Å². The van der Waals surface area contributed by atoms with Crippen LogP contribution in [0.4, 0.5) is 0 Å². The van der Waals surface area contributed by atoms with Crippen LogP contribution in [-0.4, -0.2) is 7.05 Å². The van der Waals surface area contributed by atoms with Gasteiger partial charge in [0.15, 0.2) is 0 Å². The monoisotopic (exact) mass is 171 g/mol. The van der Waals surface area contributed by atoms with Crippen LogP contribution in [-0.2, 0) is 0 Å². The van der Waals surface area contributed by atoms with E-state index in [0.717, 1.165) is 11.8 Å². The van der Waals surface area contributed by atoms with Crippen molar-refractivity contribution in [2.45, 2.75) is 52.4 Å². The van der Waals surface area contributed by atoms with Gasteiger partial charge >= 0.3 is 0 Å². The lowest BCUT2D eigenvalue weighted by Crippen LogP contribution is -2.08. The summed E-state index contributed by atoms with van der Waals surface area (Å²) in [7, 11) is 1.50. The molecule has 74 valence electrons. The second kappa shape index (κ2) is 7.60. The highest BCUT2D eigenvalue weighted by Crippen LogP contribution is 2.34. The first-order valence-corrected chi connectivity index (χ1v) is 5.46. The van der Waals surface area contributed by atoms with Gasteiger partial charge in [0.1, 0.15) is 0 Å². The standard InChI is InChI=1S/C10H20.CH5N/c1-3-9(4-2)10-7-5-6-8-10;1-2/h9-10H,3-8H2,1-2H3;2H2,1H3. The lowest BCUT2D eigenvalue weighted by molar-refractivity contribution is 0.320. The van der Waals surface area contributed by atoms with Crippen molar-refractivity contribution in [1.82, 2.24) is 0 Å². The highest BCUT2D eigenvalue weighted by Gasteiger charge is 2.21. The molecule has 0 aromatic rings. The molecule has 0 bridgehead atoms. The average molecular weight is 171 g/mol. The van der Waals surface area contributed by atoms with E-state index < -0.39 is 0 Å². The lowest BCUT2D eigenvalue weighted by atomic mass is 9.87. The molecule has 1 heteroatoms. The van der Waals surface area contributed by atoms with Crippen LogP contribution in [0.5, 0.6) is 0 Å². The number of rotatable bonds is 3. The molecule has 0 spiro atoms. The summed E-state index contributed by atoms with van der Waals surface area (Å²) in [5, 5.41) is 0. The Morgan fingerprint density at radius 3 is 1.83 bits per heavy atom. The molecule has 1 aliphatic rings. The third-order valence-electron chi connectivity index (χ3n) is 3.12. The first-order chi connectivity index (χ1) is 5.88. The molecule has 1 fully saturated rings. The maximum absolute atomic E-state index is 4.50. The number of hydrogen-bond acceptors (Lipinski definition) is 1. The summed E-state index contributed by atoms with van der Waals surface area (Å²) < 4.78 is 0. The van der Waals surface area contributed by atoms with Crippen molar-refractivity contribution in [1.29, 1.82) is 0 Å². The van der Waals surface area contributed by atoms with Crippen LogP contribution in [0.15, 0.2) is 0 Å². The molecule has 0 heterocycles. The summed E-state index contributed by atoms with van der Waals surface area (Å²) in [5.41, 5.74) is 4.50. The van der Waals surface area contributed by atoms with Crippen molar-refractivity contribution in [2.24, 2.45) is 17.6 Å². The summed E-state index contributed by atoms with van der Waals surface area (Å²) in [5.74, 6) is 2.14. The molecule has 0 saturated heterocycles. The van der Waals surface area contributed by atoms with E-state index in [1.54, 1.807) is 0 Å². The maximum Gasteiger partial charge on any atom is -0.0195 e. The Kier molecular flexibility index (Phi) is 7.58. The fraction of sp³-hybridized carbons (Fsp3) is 1.00. The topological polar surface area (TPSA) is 26.0 Å². The van der Waals surface area contributed by atoms with Gasteiger partial charge in [-0.15, -0.1) is 0 Å². The third kappa shape index (κ3) is 3.57. The smallest absolute Gasteiger partial charge is 0.0195 e. The van der Waals surface area contributed by atoms with Crippen molar-refractivity contribution in [3.05, 3.63) is 0 Å². The summed E-state index contributed by atoms with van der Waals surface area (Å²) in [6.45, 7) is 4.68. The normalized spacial score (nSPS) is 17.8. The second-order valence-electron chi connectivity index (χ2n) is 3.62. The van der Waals surface area contributed by atoms with Crippen LogP contribution in [0.3, 0.4) is 0 Å². The van der Waals surface area contributed by atoms with Crippen molar-refractivity contribution < 1.29 is 0 Å². The SMILES string of the molecule is CCC(CC)C1CCCC1.CN. The molecule has 0 atom stereocenters. The summed E-state index contributed by atoms with van der Waals surface area (Å²) in [6.07, 6.45) is 8.85. The van der Waals surface area contributed by atoms with E-state index in [9.17, 15) is 0 Å². The Morgan fingerprint density at radius 1 is 1.08 bits per heavy atom. The highest BCUT2D eigenvalue weighted by atomic mass is 14.4. The van der Waals surface area contributed by atoms with E-state index in [0.29, 0.717) is 0 Å². The Labute approximate surface area is 77.7 Å². The van der Waals surface area contributed by atoms with E-state index in [4.69, 9.17) is 0 Å². The van der Waals surface area contributed by atoms with Gasteiger partial charge < -0.3 is 5.73 Å². The molecule has 1 nitrogen and oxygen atoms in total. The molecule has 0 radical (unpaired) electrons. The molecule has 1 aliphatic carbocycles. The van der Waals surface area contributed by atoms with Crippen LogP contribution in [0.25, 0.3) is 0 Å². The quantitative estimate of drug-likeness (QED) is 0.693. The van der Waals surface area contributed by atoms with E-state index in [2.05, 4.69) is 19.6 Å². The van der Waals surface area contributed by atoms with Gasteiger partial charge in [0.2, 0.25) is 0 Å². The largest absolute Gasteiger partial charge is 0.333 e. The molecule has 0 amide bonds. The van der Waals surface area contributed by atoms with E-state index >= 15 is 0 Å². The summed E-state index contributed by atoms with van der Waals surface area (Å²) in [4.78, 5) is 0. The van der Waals surface area contributed by atoms with Gasteiger partial charge in [-0.3, -0.25) is 0 Å². The van der Waals surface area contributed by atoms with Gasteiger partial charge in [0.25, 0.3) is 0 Å². The van der Waals surface area contributed by atoms with Gasteiger partial charge in [-0.05, 0) is 18.9 Å². The second-order valence-corrected chi connectivity index (χ2v) is 3.62. The molecule has 0 unspecified atom stereocenters. The molecule has 0 aliphatic heterocycles. The highest BCUT2D eigenvalue weighted by molar-refractivity contribution is 4.73. The van der Waals surface area contributed by atoms with Crippen molar-refractivity contribution >= 4 is 0 Å². The van der Waals surface area contributed by atoms with E-state index in [1.165, 1.54) is 45.6 Å². The van der Waals surface area contributed by atoms with Crippen molar-refractivity contribution in [3.8, 4) is 0 Å². The zero-order valence-electron chi connectivity index (χ0n) is 8.97. The van der Waals surface area contributed by atoms with Crippen LogP contribution < -0.4 is 5.73 Å². The van der Waals surface area contributed by atoms with Gasteiger partial charge in [0, 0.05) is 0 Å². The number of nitrogens with two attached hydrogens (primary N) is 1. The fourth-order valence-corrected chi connectivity index (χ4v) is 2.38. The molecule has 0 aromatic heterocycles. The van der Waals surface area contributed by atoms with Crippen LogP contribution in [0.1, 0.15) is 52.4 Å². The van der Waals surface area contributed by atoms with Gasteiger partial charge in [0.05, 0.1) is 0 Å². The Hall–Kier alpha value is -0.0400. The zero-order valence-corrected chi connectivity index (χ0v) is 8.97. The van der Waals surface area contributed by atoms with Crippen molar-refractivity contribution in [2.75, 3.05) is 7.05 Å². The predicted molar refractivity (Wildman–Crippen MR) is 56.1 cm³/mol. The fourth-order valence-electron chi connectivity index (χ4n) is 2.38. The Morgan fingerprint density at radius 2 is 1.50 bits per heavy atom. The average Bonchev–Trinajstić information content (AvgIpc) is 2.64. The minimum absolute atomic E-state index is 1.04. The predicted octanol–water partition coefficient (Wildman–Crippen LogP) is 3.19. The van der Waals surface area contributed by atoms with Crippen LogP contribution in [0, 0.1) is 11.8 Å². The molecule has 0 aromatic carbocycles. The van der Waals surface area contributed by atoms with Crippen LogP contribution >= 0.6 is 0 Å². The molecular weight excluding hydrogens is 146 g/mol. The van der Waals surface area contributed by atoms with Gasteiger partial charge in [-0.2, -0.15) is 0 Å². The first kappa shape index (κ1) is 12.0. The molecule has 2 N–H and O–H groups in total. The van der Waals surface area contributed by atoms with E-state index in [-0.39, 0.29) is 0 Å². The minimum Gasteiger partial charge on any atom is -0.333 e. The summed E-state index contributed by atoms with van der Waals surface area (Å²) in [6, 6.07) is 0. The molecule has 1 rings (SSSR count). The minimum atomic E-state index is 1.04. The van der Waals surface area contributed by atoms with Crippen LogP contribution in [0.2, 0.25) is 0 Å². The lowest BCUT2D eigenvalue weighted by Gasteiger charge is -2.19. The molecule has 1 saturated carbocycles. The third-order valence-corrected chi connectivity index (χ3v) is 3.12. The first-order valence-electron chi connectivity index (χ1n) is 5.46. The Bertz CT molecular complexity index is 81.0. The maximum atomic E-state index is 4.50. The van der Waals surface area contributed by atoms with Gasteiger partial charge in [-0.1, -0.05) is 52.4 Å².